The van der Waals surface area contributed by atoms with Crippen LogP contribution in [0.15, 0.2) is 16.5 Å². The van der Waals surface area contributed by atoms with Gasteiger partial charge in [-0.1, -0.05) is 0 Å². The van der Waals surface area contributed by atoms with E-state index in [-0.39, 0.29) is 35.1 Å². The van der Waals surface area contributed by atoms with Crippen molar-refractivity contribution < 1.29 is 27.9 Å². The number of carbonyl (C=O) groups is 3. The molecule has 10 heteroatoms. The number of ether oxygens (including phenoxy) is 1. The van der Waals surface area contributed by atoms with Crippen LogP contribution in [0.3, 0.4) is 0 Å². The maximum absolute atomic E-state index is 14.5. The standard InChI is InChI=1S/C17H17FN4O5/c1-19-15(24)13-8-22(17(25)27-13)9-6-11(18)14-12(7-9)26-16(20-14)21-4-2-10(23)3-5-21/h6-7,13H,2-5,8H2,1H3,(H,19,24)/t13-/m1/s1. The summed E-state index contributed by atoms with van der Waals surface area (Å²) in [4.78, 5) is 42.2. The van der Waals surface area contributed by atoms with Gasteiger partial charge in [0.25, 0.3) is 11.9 Å². The highest BCUT2D eigenvalue weighted by Crippen LogP contribution is 2.31. The van der Waals surface area contributed by atoms with Gasteiger partial charge in [0.2, 0.25) is 0 Å². The summed E-state index contributed by atoms with van der Waals surface area (Å²) in [5.74, 6) is -0.912. The Labute approximate surface area is 153 Å². The number of amides is 2. The van der Waals surface area contributed by atoms with Crippen LogP contribution in [0.4, 0.5) is 20.9 Å². The van der Waals surface area contributed by atoms with E-state index in [0.29, 0.717) is 25.9 Å². The van der Waals surface area contributed by atoms with E-state index in [4.69, 9.17) is 9.15 Å². The number of hydrogen-bond donors (Lipinski definition) is 1. The number of likely N-dealkylation sites (N-methyl/N-ethyl adjacent to an activating group) is 1. The Morgan fingerprint density at radius 2 is 2.04 bits per heavy atom. The molecule has 0 bridgehead atoms. The Balaban J connectivity index is 1.63. The number of cyclic esters (lactones) is 1. The van der Waals surface area contributed by atoms with Crippen LogP contribution >= 0.6 is 0 Å². The van der Waals surface area contributed by atoms with Gasteiger partial charge in [-0.2, -0.15) is 4.98 Å². The predicted octanol–water partition coefficient (Wildman–Crippen LogP) is 1.21. The summed E-state index contributed by atoms with van der Waals surface area (Å²) in [5.41, 5.74) is 0.432. The zero-order valence-corrected chi connectivity index (χ0v) is 14.5. The normalized spacial score (nSPS) is 20.3. The van der Waals surface area contributed by atoms with Crippen molar-refractivity contribution in [1.29, 1.82) is 0 Å². The molecule has 0 spiro atoms. The second-order valence-electron chi connectivity index (χ2n) is 6.39. The summed E-state index contributed by atoms with van der Waals surface area (Å²) in [6.07, 6.45) is -0.908. The van der Waals surface area contributed by atoms with Crippen LogP contribution in [0, 0.1) is 5.82 Å². The zero-order valence-electron chi connectivity index (χ0n) is 14.5. The number of anilines is 2. The first kappa shape index (κ1) is 17.3. The number of nitrogens with one attached hydrogen (secondary N) is 1. The molecule has 27 heavy (non-hydrogen) atoms. The summed E-state index contributed by atoms with van der Waals surface area (Å²) in [5, 5.41) is 2.41. The van der Waals surface area contributed by atoms with Gasteiger partial charge in [0.1, 0.15) is 11.3 Å². The Morgan fingerprint density at radius 1 is 1.30 bits per heavy atom. The van der Waals surface area contributed by atoms with Crippen LogP contribution < -0.4 is 15.1 Å². The van der Waals surface area contributed by atoms with Crippen LogP contribution in [0.25, 0.3) is 11.1 Å². The zero-order chi connectivity index (χ0) is 19.1. The number of benzene rings is 1. The highest BCUT2D eigenvalue weighted by atomic mass is 19.1. The number of oxazole rings is 1. The molecule has 3 heterocycles. The molecule has 4 rings (SSSR count). The van der Waals surface area contributed by atoms with Gasteiger partial charge in [-0.3, -0.25) is 14.5 Å². The first-order valence-corrected chi connectivity index (χ1v) is 8.52. The Bertz CT molecular complexity index is 933. The number of rotatable bonds is 3. The van der Waals surface area contributed by atoms with Crippen molar-refractivity contribution in [1.82, 2.24) is 10.3 Å². The second-order valence-corrected chi connectivity index (χ2v) is 6.39. The fourth-order valence-corrected chi connectivity index (χ4v) is 3.17. The van der Waals surface area contributed by atoms with Crippen molar-refractivity contribution in [2.75, 3.05) is 36.5 Å². The van der Waals surface area contributed by atoms with Crippen molar-refractivity contribution in [2.24, 2.45) is 0 Å². The summed E-state index contributed by atoms with van der Waals surface area (Å²) >= 11 is 0. The maximum atomic E-state index is 14.5. The molecule has 1 atom stereocenters. The molecule has 9 nitrogen and oxygen atoms in total. The van der Waals surface area contributed by atoms with Crippen molar-refractivity contribution in [3.8, 4) is 0 Å². The molecule has 0 unspecified atom stereocenters. The first-order valence-electron chi connectivity index (χ1n) is 8.52. The van der Waals surface area contributed by atoms with E-state index in [9.17, 15) is 18.8 Å². The van der Waals surface area contributed by atoms with E-state index in [2.05, 4.69) is 10.3 Å². The number of halogens is 1. The van der Waals surface area contributed by atoms with Crippen LogP contribution in [0.1, 0.15) is 12.8 Å². The number of hydrogen-bond acceptors (Lipinski definition) is 7. The van der Waals surface area contributed by atoms with Crippen molar-refractivity contribution >= 4 is 40.6 Å². The van der Waals surface area contributed by atoms with Crippen LogP contribution in [0.2, 0.25) is 0 Å². The molecule has 2 aliphatic heterocycles. The molecule has 1 aromatic carbocycles. The average Bonchev–Trinajstić information content (AvgIpc) is 3.25. The molecule has 2 fully saturated rings. The molecule has 2 aliphatic rings. The third kappa shape index (κ3) is 3.07. The van der Waals surface area contributed by atoms with Gasteiger partial charge in [0.05, 0.1) is 12.2 Å². The van der Waals surface area contributed by atoms with Gasteiger partial charge in [0.15, 0.2) is 17.5 Å². The lowest BCUT2D eigenvalue weighted by molar-refractivity contribution is -0.127. The number of carbonyl (C=O) groups excluding carboxylic acids is 3. The molecule has 1 N–H and O–H groups in total. The predicted molar refractivity (Wildman–Crippen MR) is 92.1 cm³/mol. The minimum absolute atomic E-state index is 0.0291. The van der Waals surface area contributed by atoms with Gasteiger partial charge in [-0.25, -0.2) is 9.18 Å². The monoisotopic (exact) mass is 376 g/mol. The second kappa shape index (κ2) is 6.53. The molecule has 2 saturated heterocycles. The van der Waals surface area contributed by atoms with Gasteiger partial charge in [0, 0.05) is 45.1 Å². The van der Waals surface area contributed by atoms with E-state index < -0.39 is 23.9 Å². The number of nitrogens with zero attached hydrogens (tertiary/aromatic N) is 3. The Hall–Kier alpha value is -3.17. The highest BCUT2D eigenvalue weighted by Gasteiger charge is 2.37. The van der Waals surface area contributed by atoms with Crippen LogP contribution in [0.5, 0.6) is 0 Å². The van der Waals surface area contributed by atoms with E-state index in [0.717, 1.165) is 6.07 Å². The lowest BCUT2D eigenvalue weighted by atomic mass is 10.1. The summed E-state index contributed by atoms with van der Waals surface area (Å²) in [6.45, 7) is 0.900. The number of ketones is 1. The largest absolute Gasteiger partial charge is 0.434 e. The van der Waals surface area contributed by atoms with Crippen LogP contribution in [-0.2, 0) is 14.3 Å². The van der Waals surface area contributed by atoms with Gasteiger partial charge in [-0.15, -0.1) is 0 Å². The molecule has 2 aromatic rings. The Kier molecular flexibility index (Phi) is 4.17. The van der Waals surface area contributed by atoms with E-state index in [1.807, 2.05) is 0 Å². The SMILES string of the molecule is CNC(=O)[C@H]1CN(c2cc(F)c3nc(N4CCC(=O)CC4)oc3c2)C(=O)O1. The summed E-state index contributed by atoms with van der Waals surface area (Å²) in [7, 11) is 1.44. The van der Waals surface area contributed by atoms with Crippen molar-refractivity contribution in [2.45, 2.75) is 18.9 Å². The number of piperidine rings is 1. The van der Waals surface area contributed by atoms with Gasteiger partial charge < -0.3 is 19.4 Å². The van der Waals surface area contributed by atoms with E-state index in [1.165, 1.54) is 18.0 Å². The molecule has 1 aromatic heterocycles. The molecular weight excluding hydrogens is 359 g/mol. The Morgan fingerprint density at radius 3 is 2.74 bits per heavy atom. The fourth-order valence-electron chi connectivity index (χ4n) is 3.17. The molecular formula is C17H17FN4O5. The molecule has 2 amide bonds. The van der Waals surface area contributed by atoms with E-state index >= 15 is 0 Å². The number of Topliss-reactive ketones (excluding diaryl/α,β-unsaturated/α-hetero) is 1. The van der Waals surface area contributed by atoms with Gasteiger partial charge in [-0.05, 0) is 0 Å². The lowest BCUT2D eigenvalue weighted by Gasteiger charge is -2.23. The van der Waals surface area contributed by atoms with Crippen molar-refractivity contribution in [3.63, 3.8) is 0 Å². The van der Waals surface area contributed by atoms with Gasteiger partial charge >= 0.3 is 6.09 Å². The third-order valence-electron chi connectivity index (χ3n) is 4.68. The minimum Gasteiger partial charge on any atom is -0.434 e. The average molecular weight is 376 g/mol. The highest BCUT2D eigenvalue weighted by molar-refractivity contribution is 5.97. The topological polar surface area (TPSA) is 105 Å². The van der Waals surface area contributed by atoms with Crippen LogP contribution in [-0.4, -0.2) is 55.6 Å². The first-order chi connectivity index (χ1) is 13.0. The summed E-state index contributed by atoms with van der Waals surface area (Å²) < 4.78 is 25.2. The molecule has 0 radical (unpaired) electrons. The lowest BCUT2D eigenvalue weighted by Crippen LogP contribution is -2.35. The third-order valence-corrected chi connectivity index (χ3v) is 4.68. The number of fused-ring (bicyclic) bond motifs is 1. The quantitative estimate of drug-likeness (QED) is 0.858. The minimum atomic E-state index is -0.961. The van der Waals surface area contributed by atoms with Crippen molar-refractivity contribution in [3.05, 3.63) is 17.9 Å². The molecule has 142 valence electrons. The van der Waals surface area contributed by atoms with E-state index in [1.54, 1.807) is 4.90 Å². The molecule has 0 saturated carbocycles. The fraction of sp³-hybridized carbons (Fsp3) is 0.412. The molecule has 0 aliphatic carbocycles. The maximum Gasteiger partial charge on any atom is 0.415 e. The smallest absolute Gasteiger partial charge is 0.415 e. The number of aromatic nitrogens is 1. The summed E-state index contributed by atoms with van der Waals surface area (Å²) in [6, 6.07) is 2.88.